The van der Waals surface area contributed by atoms with Crippen molar-refractivity contribution < 1.29 is 0 Å². The molecule has 1 nitrogen and oxygen atoms in total. The van der Waals surface area contributed by atoms with E-state index < -0.39 is 0 Å². The summed E-state index contributed by atoms with van der Waals surface area (Å²) in [6.07, 6.45) is 8.15. The minimum atomic E-state index is 0.632. The molecule has 1 heteroatoms. The maximum absolute atomic E-state index is 3.75. The summed E-state index contributed by atoms with van der Waals surface area (Å²) in [5.41, 5.74) is 2.94. The molecular weight excluding hydrogens is 242 g/mol. The molecule has 0 aromatic heterocycles. The van der Waals surface area contributed by atoms with Crippen LogP contribution in [0.2, 0.25) is 0 Å². The zero-order valence-corrected chi connectivity index (χ0v) is 13.5. The monoisotopic (exact) mass is 273 g/mol. The van der Waals surface area contributed by atoms with Crippen LogP contribution >= 0.6 is 0 Å². The molecule has 1 saturated carbocycles. The van der Waals surface area contributed by atoms with Crippen LogP contribution < -0.4 is 5.32 Å². The standard InChI is InChI=1S/C19H31N/c1-4-12-20-19(13-16-6-5-7-16)14-17-8-10-18(11-9-17)15(2)3/h8-11,15-16,19-20H,4-7,12-14H2,1-3H3. The first-order valence-electron chi connectivity index (χ1n) is 8.51. The first kappa shape index (κ1) is 15.6. The SMILES string of the molecule is CCCNC(Cc1ccc(C(C)C)cc1)CC1CCC1. The summed E-state index contributed by atoms with van der Waals surface area (Å²) >= 11 is 0. The second-order valence-electron chi connectivity index (χ2n) is 6.78. The topological polar surface area (TPSA) is 12.0 Å². The fourth-order valence-electron chi connectivity index (χ4n) is 3.04. The molecule has 1 N–H and O–H groups in total. The van der Waals surface area contributed by atoms with Crippen LogP contribution in [0.1, 0.15) is 69.9 Å². The summed E-state index contributed by atoms with van der Waals surface area (Å²) < 4.78 is 0. The molecule has 0 radical (unpaired) electrons. The Morgan fingerprint density at radius 3 is 2.35 bits per heavy atom. The van der Waals surface area contributed by atoms with E-state index in [1.165, 1.54) is 49.7 Å². The Labute approximate surface area is 125 Å². The summed E-state index contributed by atoms with van der Waals surface area (Å²) in [6, 6.07) is 9.94. The van der Waals surface area contributed by atoms with Crippen LogP contribution in [-0.2, 0) is 6.42 Å². The fourth-order valence-corrected chi connectivity index (χ4v) is 3.04. The van der Waals surface area contributed by atoms with Crippen LogP contribution in [0.25, 0.3) is 0 Å². The van der Waals surface area contributed by atoms with Gasteiger partial charge in [-0.1, -0.05) is 64.3 Å². The third-order valence-corrected chi connectivity index (χ3v) is 4.65. The molecule has 112 valence electrons. The predicted molar refractivity (Wildman–Crippen MR) is 88.3 cm³/mol. The van der Waals surface area contributed by atoms with Gasteiger partial charge in [0.15, 0.2) is 0 Å². The molecule has 1 aliphatic carbocycles. The van der Waals surface area contributed by atoms with Crippen LogP contribution in [0.3, 0.4) is 0 Å². The van der Waals surface area contributed by atoms with Gasteiger partial charge in [-0.3, -0.25) is 0 Å². The Morgan fingerprint density at radius 2 is 1.85 bits per heavy atom. The van der Waals surface area contributed by atoms with E-state index in [9.17, 15) is 0 Å². The van der Waals surface area contributed by atoms with Gasteiger partial charge in [0, 0.05) is 6.04 Å². The Balaban J connectivity index is 1.90. The van der Waals surface area contributed by atoms with Crippen LogP contribution in [0.5, 0.6) is 0 Å². The largest absolute Gasteiger partial charge is 0.314 e. The van der Waals surface area contributed by atoms with Gasteiger partial charge >= 0.3 is 0 Å². The van der Waals surface area contributed by atoms with Crippen LogP contribution in [0.4, 0.5) is 0 Å². The van der Waals surface area contributed by atoms with E-state index in [1.54, 1.807) is 0 Å². The molecule has 0 aliphatic heterocycles. The molecule has 0 amide bonds. The van der Waals surface area contributed by atoms with Gasteiger partial charge < -0.3 is 5.32 Å². The minimum absolute atomic E-state index is 0.632. The molecule has 1 aromatic carbocycles. The van der Waals surface area contributed by atoms with Gasteiger partial charge in [-0.25, -0.2) is 0 Å². The van der Waals surface area contributed by atoms with E-state index in [4.69, 9.17) is 0 Å². The second-order valence-corrected chi connectivity index (χ2v) is 6.78. The fraction of sp³-hybridized carbons (Fsp3) is 0.684. The maximum atomic E-state index is 3.75. The van der Waals surface area contributed by atoms with Crippen molar-refractivity contribution in [3.63, 3.8) is 0 Å². The van der Waals surface area contributed by atoms with E-state index >= 15 is 0 Å². The zero-order chi connectivity index (χ0) is 14.4. The van der Waals surface area contributed by atoms with Crippen molar-refractivity contribution in [3.8, 4) is 0 Å². The minimum Gasteiger partial charge on any atom is -0.314 e. The van der Waals surface area contributed by atoms with Gasteiger partial charge in [0.25, 0.3) is 0 Å². The van der Waals surface area contributed by atoms with Crippen LogP contribution in [0.15, 0.2) is 24.3 Å². The van der Waals surface area contributed by atoms with Crippen LogP contribution in [-0.4, -0.2) is 12.6 Å². The number of hydrogen-bond acceptors (Lipinski definition) is 1. The zero-order valence-electron chi connectivity index (χ0n) is 13.5. The Bertz CT molecular complexity index is 375. The van der Waals surface area contributed by atoms with Gasteiger partial charge in [0.1, 0.15) is 0 Å². The smallest absolute Gasteiger partial charge is 0.0110 e. The van der Waals surface area contributed by atoms with Crippen LogP contribution in [0, 0.1) is 5.92 Å². The van der Waals surface area contributed by atoms with Crippen molar-refractivity contribution >= 4 is 0 Å². The third-order valence-electron chi connectivity index (χ3n) is 4.65. The normalized spacial score (nSPS) is 17.2. The summed E-state index contributed by atoms with van der Waals surface area (Å²) in [4.78, 5) is 0. The van der Waals surface area contributed by atoms with Crippen molar-refractivity contribution in [1.29, 1.82) is 0 Å². The summed E-state index contributed by atoms with van der Waals surface area (Å²) in [6.45, 7) is 7.93. The van der Waals surface area contributed by atoms with Crippen molar-refractivity contribution in [3.05, 3.63) is 35.4 Å². The molecule has 0 bridgehead atoms. The quantitative estimate of drug-likeness (QED) is 0.709. The average molecular weight is 273 g/mol. The van der Waals surface area contributed by atoms with Gasteiger partial charge in [0.05, 0.1) is 0 Å². The van der Waals surface area contributed by atoms with E-state index in [0.29, 0.717) is 12.0 Å². The van der Waals surface area contributed by atoms with Gasteiger partial charge in [0.2, 0.25) is 0 Å². The molecule has 0 saturated heterocycles. The van der Waals surface area contributed by atoms with Crippen molar-refractivity contribution in [2.24, 2.45) is 5.92 Å². The summed E-state index contributed by atoms with van der Waals surface area (Å²) in [5, 5.41) is 3.75. The summed E-state index contributed by atoms with van der Waals surface area (Å²) in [7, 11) is 0. The third kappa shape index (κ3) is 4.63. The highest BCUT2D eigenvalue weighted by Crippen LogP contribution is 2.31. The lowest BCUT2D eigenvalue weighted by Gasteiger charge is -2.30. The van der Waals surface area contributed by atoms with Crippen molar-refractivity contribution in [1.82, 2.24) is 5.32 Å². The number of hydrogen-bond donors (Lipinski definition) is 1. The van der Waals surface area contributed by atoms with Gasteiger partial charge in [-0.15, -0.1) is 0 Å². The highest BCUT2D eigenvalue weighted by molar-refractivity contribution is 5.25. The maximum Gasteiger partial charge on any atom is 0.0110 e. The molecule has 1 atom stereocenters. The van der Waals surface area contributed by atoms with E-state index in [0.717, 1.165) is 12.5 Å². The Hall–Kier alpha value is -0.820. The molecule has 1 unspecified atom stereocenters. The molecule has 0 heterocycles. The molecule has 1 aromatic rings. The summed E-state index contributed by atoms with van der Waals surface area (Å²) in [5.74, 6) is 1.62. The second kappa shape index (κ2) is 7.83. The van der Waals surface area contributed by atoms with Gasteiger partial charge in [-0.2, -0.15) is 0 Å². The molecular formula is C19H31N. The van der Waals surface area contributed by atoms with Crippen molar-refractivity contribution in [2.75, 3.05) is 6.54 Å². The predicted octanol–water partition coefficient (Wildman–Crippen LogP) is 4.91. The Kier molecular flexibility index (Phi) is 6.09. The molecule has 1 fully saturated rings. The lowest BCUT2D eigenvalue weighted by Crippen LogP contribution is -2.35. The number of rotatable bonds is 8. The number of nitrogens with one attached hydrogen (secondary N) is 1. The number of benzene rings is 1. The lowest BCUT2D eigenvalue weighted by molar-refractivity contribution is 0.259. The van der Waals surface area contributed by atoms with E-state index in [-0.39, 0.29) is 0 Å². The van der Waals surface area contributed by atoms with E-state index in [1.807, 2.05) is 0 Å². The average Bonchev–Trinajstić information content (AvgIpc) is 2.40. The molecule has 20 heavy (non-hydrogen) atoms. The molecule has 1 aliphatic rings. The highest BCUT2D eigenvalue weighted by Gasteiger charge is 2.21. The first-order valence-corrected chi connectivity index (χ1v) is 8.51. The lowest BCUT2D eigenvalue weighted by atomic mass is 9.80. The Morgan fingerprint density at radius 1 is 1.15 bits per heavy atom. The highest BCUT2D eigenvalue weighted by atomic mass is 14.9. The first-order chi connectivity index (χ1) is 9.69. The van der Waals surface area contributed by atoms with E-state index in [2.05, 4.69) is 50.4 Å². The van der Waals surface area contributed by atoms with Gasteiger partial charge in [-0.05, 0) is 48.8 Å². The molecule has 2 rings (SSSR count). The molecule has 0 spiro atoms. The van der Waals surface area contributed by atoms with Crippen molar-refractivity contribution in [2.45, 2.75) is 71.3 Å².